The van der Waals surface area contributed by atoms with E-state index in [4.69, 9.17) is 0 Å². The van der Waals surface area contributed by atoms with Crippen LogP contribution in [0, 0.1) is 5.92 Å². The first-order chi connectivity index (χ1) is 11.7. The minimum absolute atomic E-state index is 0.281. The predicted molar refractivity (Wildman–Crippen MR) is 79.7 cm³/mol. The summed E-state index contributed by atoms with van der Waals surface area (Å²) in [5, 5.41) is -0.403. The maximum Gasteiger partial charge on any atom is 0.416 e. The average molecular weight is 371 g/mol. The lowest BCUT2D eigenvalue weighted by Gasteiger charge is -2.09. The van der Waals surface area contributed by atoms with Gasteiger partial charge in [-0.05, 0) is 24.0 Å². The molecule has 1 aromatic heterocycles. The fraction of sp³-hybridized carbons (Fsp3) is 0.267. The molecular weight excluding hydrogens is 359 g/mol. The fourth-order valence-corrected chi connectivity index (χ4v) is 3.40. The number of hydrogen-bond donors (Lipinski definition) is 1. The van der Waals surface area contributed by atoms with E-state index in [1.54, 1.807) is 0 Å². The molecule has 0 saturated heterocycles. The second-order valence-electron chi connectivity index (χ2n) is 5.59. The van der Waals surface area contributed by atoms with Gasteiger partial charge in [0.15, 0.2) is 5.03 Å². The Morgan fingerprint density at radius 2 is 2.00 bits per heavy atom. The van der Waals surface area contributed by atoms with E-state index in [0.29, 0.717) is 5.56 Å². The number of carbonyl (C=O) groups excluding carboxylic acids is 1. The topological polar surface area (TPSA) is 89.0 Å². The maximum atomic E-state index is 12.7. The van der Waals surface area contributed by atoms with Gasteiger partial charge >= 0.3 is 6.18 Å². The summed E-state index contributed by atoms with van der Waals surface area (Å²) >= 11 is 0. The first-order valence-corrected chi connectivity index (χ1v) is 8.66. The van der Waals surface area contributed by atoms with Crippen LogP contribution in [0.15, 0.2) is 47.9 Å². The number of carbonyl (C=O) groups is 1. The number of aromatic nitrogens is 2. The van der Waals surface area contributed by atoms with Crippen molar-refractivity contribution in [3.63, 3.8) is 0 Å². The Hall–Kier alpha value is -2.49. The number of halogens is 3. The smallest absolute Gasteiger partial charge is 0.274 e. The molecule has 1 aliphatic rings. The summed E-state index contributed by atoms with van der Waals surface area (Å²) in [6, 6.07) is 4.68. The molecule has 0 bridgehead atoms. The molecule has 1 saturated carbocycles. The lowest BCUT2D eigenvalue weighted by molar-refractivity contribution is -0.137. The standard InChI is InChI=1S/C15H12F3N3O3S/c16-15(17,18)10-3-1-2-9(6-10)11-7-12(11)14(22)21-25(23,24)13-8-19-4-5-20-13/h1-6,8,11-12H,7H2,(H,21,22). The Balaban J connectivity index is 1.71. The quantitative estimate of drug-likeness (QED) is 0.889. The molecular formula is C15H12F3N3O3S. The van der Waals surface area contributed by atoms with Gasteiger partial charge in [0.25, 0.3) is 10.0 Å². The molecule has 1 amide bonds. The SMILES string of the molecule is O=C(NS(=O)(=O)c1cnccn1)C1CC1c1cccc(C(F)(F)F)c1. The summed E-state index contributed by atoms with van der Waals surface area (Å²) in [7, 11) is -4.15. The molecule has 3 rings (SSSR count). The zero-order chi connectivity index (χ0) is 18.2. The van der Waals surface area contributed by atoms with Crippen LogP contribution in [0.4, 0.5) is 13.2 Å². The van der Waals surface area contributed by atoms with Crippen LogP contribution < -0.4 is 4.72 Å². The molecule has 1 heterocycles. The molecule has 1 aliphatic carbocycles. The molecule has 2 aromatic rings. The second-order valence-corrected chi connectivity index (χ2v) is 7.21. The van der Waals surface area contributed by atoms with Crippen molar-refractivity contribution in [2.75, 3.05) is 0 Å². The Bertz CT molecular complexity index is 901. The predicted octanol–water partition coefficient (Wildman–Crippen LogP) is 2.10. The van der Waals surface area contributed by atoms with E-state index in [9.17, 15) is 26.4 Å². The number of sulfonamides is 1. The third kappa shape index (κ3) is 3.78. The van der Waals surface area contributed by atoms with E-state index in [0.717, 1.165) is 18.3 Å². The average Bonchev–Trinajstić information content (AvgIpc) is 3.35. The molecule has 1 aromatic carbocycles. The third-order valence-corrected chi connectivity index (χ3v) is 5.05. The Kier molecular flexibility index (Phi) is 4.23. The summed E-state index contributed by atoms with van der Waals surface area (Å²) in [6.07, 6.45) is -0.749. The van der Waals surface area contributed by atoms with Crippen LogP contribution in [-0.4, -0.2) is 24.3 Å². The molecule has 0 spiro atoms. The van der Waals surface area contributed by atoms with Gasteiger partial charge < -0.3 is 0 Å². The van der Waals surface area contributed by atoms with Gasteiger partial charge in [-0.1, -0.05) is 18.2 Å². The molecule has 6 nitrogen and oxygen atoms in total. The minimum atomic E-state index is -4.47. The first kappa shape index (κ1) is 17.3. The van der Waals surface area contributed by atoms with Crippen molar-refractivity contribution in [1.82, 2.24) is 14.7 Å². The van der Waals surface area contributed by atoms with Crippen molar-refractivity contribution in [3.05, 3.63) is 54.0 Å². The van der Waals surface area contributed by atoms with Crippen LogP contribution in [0.25, 0.3) is 0 Å². The van der Waals surface area contributed by atoms with Crippen LogP contribution in [0.5, 0.6) is 0 Å². The minimum Gasteiger partial charge on any atom is -0.274 e. The van der Waals surface area contributed by atoms with Crippen LogP contribution in [-0.2, 0) is 21.0 Å². The third-order valence-electron chi connectivity index (χ3n) is 3.82. The molecule has 0 aliphatic heterocycles. The highest BCUT2D eigenvalue weighted by molar-refractivity contribution is 7.90. The van der Waals surface area contributed by atoms with E-state index < -0.39 is 44.5 Å². The molecule has 25 heavy (non-hydrogen) atoms. The van der Waals surface area contributed by atoms with Crippen molar-refractivity contribution in [3.8, 4) is 0 Å². The number of nitrogens with zero attached hydrogens (tertiary/aromatic N) is 2. The molecule has 10 heteroatoms. The van der Waals surface area contributed by atoms with Gasteiger partial charge in [0, 0.05) is 18.3 Å². The fourth-order valence-electron chi connectivity index (χ4n) is 2.48. The number of amides is 1. The summed E-state index contributed by atoms with van der Waals surface area (Å²) in [5.74, 6) is -1.91. The van der Waals surface area contributed by atoms with Crippen LogP contribution in [0.2, 0.25) is 0 Å². The molecule has 2 unspecified atom stereocenters. The van der Waals surface area contributed by atoms with Crippen LogP contribution in [0.1, 0.15) is 23.5 Å². The molecule has 1 N–H and O–H groups in total. The number of benzene rings is 1. The van der Waals surface area contributed by atoms with Gasteiger partial charge in [-0.2, -0.15) is 21.6 Å². The molecule has 0 radical (unpaired) electrons. The molecule has 1 fully saturated rings. The van der Waals surface area contributed by atoms with E-state index in [1.807, 2.05) is 4.72 Å². The highest BCUT2D eigenvalue weighted by Crippen LogP contribution is 2.48. The molecule has 2 atom stereocenters. The number of hydrogen-bond acceptors (Lipinski definition) is 5. The first-order valence-electron chi connectivity index (χ1n) is 7.18. The highest BCUT2D eigenvalue weighted by Gasteiger charge is 2.46. The lowest BCUT2D eigenvalue weighted by Crippen LogP contribution is -2.32. The Morgan fingerprint density at radius 3 is 2.64 bits per heavy atom. The molecule has 132 valence electrons. The zero-order valence-corrected chi connectivity index (χ0v) is 13.4. The number of rotatable bonds is 4. The number of nitrogens with one attached hydrogen (secondary N) is 1. The van der Waals surface area contributed by atoms with E-state index in [-0.39, 0.29) is 6.42 Å². The van der Waals surface area contributed by atoms with E-state index in [2.05, 4.69) is 9.97 Å². The van der Waals surface area contributed by atoms with Gasteiger partial charge in [0.2, 0.25) is 5.91 Å². The van der Waals surface area contributed by atoms with Crippen LogP contribution in [0.3, 0.4) is 0 Å². The number of alkyl halides is 3. The summed E-state index contributed by atoms with van der Waals surface area (Å²) < 4.78 is 64.2. The van der Waals surface area contributed by atoms with E-state index >= 15 is 0 Å². The van der Waals surface area contributed by atoms with Gasteiger partial charge in [-0.15, -0.1) is 0 Å². The summed E-state index contributed by atoms with van der Waals surface area (Å²) in [6.45, 7) is 0. The maximum absolute atomic E-state index is 12.7. The van der Waals surface area contributed by atoms with Crippen molar-refractivity contribution >= 4 is 15.9 Å². The normalized spacial score (nSPS) is 20.1. The highest BCUT2D eigenvalue weighted by atomic mass is 32.2. The van der Waals surface area contributed by atoms with E-state index in [1.165, 1.54) is 24.5 Å². The van der Waals surface area contributed by atoms with Crippen molar-refractivity contribution < 1.29 is 26.4 Å². The van der Waals surface area contributed by atoms with Crippen molar-refractivity contribution in [2.45, 2.75) is 23.5 Å². The van der Waals surface area contributed by atoms with Crippen LogP contribution >= 0.6 is 0 Å². The van der Waals surface area contributed by atoms with Gasteiger partial charge in [-0.3, -0.25) is 9.78 Å². The Morgan fingerprint density at radius 1 is 1.24 bits per heavy atom. The van der Waals surface area contributed by atoms with Crippen molar-refractivity contribution in [1.29, 1.82) is 0 Å². The van der Waals surface area contributed by atoms with Gasteiger partial charge in [0.05, 0.1) is 11.8 Å². The van der Waals surface area contributed by atoms with Crippen molar-refractivity contribution in [2.24, 2.45) is 5.92 Å². The zero-order valence-electron chi connectivity index (χ0n) is 12.6. The largest absolute Gasteiger partial charge is 0.416 e. The van der Waals surface area contributed by atoms with Gasteiger partial charge in [0.1, 0.15) is 0 Å². The summed E-state index contributed by atoms with van der Waals surface area (Å²) in [4.78, 5) is 19.3. The summed E-state index contributed by atoms with van der Waals surface area (Å²) in [5.41, 5.74) is -0.449. The lowest BCUT2D eigenvalue weighted by atomic mass is 10.1. The monoisotopic (exact) mass is 371 g/mol. The van der Waals surface area contributed by atoms with Gasteiger partial charge in [-0.25, -0.2) is 9.71 Å². The Labute approximate surface area is 141 Å². The second kappa shape index (κ2) is 6.10.